The number of nitrogens with zero attached hydrogens (tertiary/aromatic N) is 2. The number of anilines is 1. The molecule has 1 spiro atoms. The van der Waals surface area contributed by atoms with Crippen molar-refractivity contribution in [3.8, 4) is 0 Å². The Labute approximate surface area is 126 Å². The molecule has 2 aliphatic rings. The van der Waals surface area contributed by atoms with Gasteiger partial charge in [-0.1, -0.05) is 0 Å². The van der Waals surface area contributed by atoms with Gasteiger partial charge in [0.1, 0.15) is 0 Å². The number of fused-ring (bicyclic) bond motifs is 1. The third-order valence-corrected chi connectivity index (χ3v) is 4.35. The molecule has 115 valence electrons. The molecule has 2 saturated heterocycles. The summed E-state index contributed by atoms with van der Waals surface area (Å²) >= 11 is 0. The van der Waals surface area contributed by atoms with Crippen molar-refractivity contribution < 1.29 is 18.3 Å². The molecule has 4 rings (SSSR count). The van der Waals surface area contributed by atoms with Crippen LogP contribution in [0.2, 0.25) is 0 Å². The van der Waals surface area contributed by atoms with Crippen molar-refractivity contribution in [1.82, 2.24) is 4.98 Å². The first kappa shape index (κ1) is 13.8. The highest BCUT2D eigenvalue weighted by atomic mass is 19.2. The fourth-order valence-electron chi connectivity index (χ4n) is 3.19. The molecular weight excluding hydrogens is 290 g/mol. The van der Waals surface area contributed by atoms with E-state index in [0.29, 0.717) is 37.2 Å². The molecule has 2 aliphatic heterocycles. The summed E-state index contributed by atoms with van der Waals surface area (Å²) in [4.78, 5) is 6.17. The van der Waals surface area contributed by atoms with Crippen LogP contribution in [0, 0.1) is 17.7 Å². The Hall–Kier alpha value is -1.79. The standard InChI is InChI=1S/C16H15F2N2O2/c17-12-9-11-14(10-13(12)18)19-4-1-15(11)20-5-2-16(3-6-20)21-7-8-22-16/h4,9-10H,2-3,5-8H2. The molecule has 6 heteroatoms. The summed E-state index contributed by atoms with van der Waals surface area (Å²) in [5, 5.41) is 0.575. The SMILES string of the molecule is Fc1cc2nc[c]c(N3CCC4(CC3)OCCO4)c2cc1F. The van der Waals surface area contributed by atoms with E-state index in [1.165, 1.54) is 12.3 Å². The third kappa shape index (κ3) is 2.23. The second-order valence-electron chi connectivity index (χ2n) is 5.63. The molecule has 0 aliphatic carbocycles. The van der Waals surface area contributed by atoms with Crippen molar-refractivity contribution in [2.75, 3.05) is 31.2 Å². The average molecular weight is 305 g/mol. The van der Waals surface area contributed by atoms with Gasteiger partial charge in [-0.15, -0.1) is 0 Å². The van der Waals surface area contributed by atoms with Gasteiger partial charge in [-0.05, 0) is 6.07 Å². The molecule has 0 N–H and O–H groups in total. The fourth-order valence-corrected chi connectivity index (χ4v) is 3.19. The van der Waals surface area contributed by atoms with Gasteiger partial charge < -0.3 is 14.4 Å². The largest absolute Gasteiger partial charge is 0.370 e. The molecule has 2 fully saturated rings. The van der Waals surface area contributed by atoms with Crippen LogP contribution in [0.5, 0.6) is 0 Å². The Morgan fingerprint density at radius 3 is 2.50 bits per heavy atom. The highest BCUT2D eigenvalue weighted by Crippen LogP contribution is 2.35. The maximum Gasteiger partial charge on any atom is 0.171 e. The number of benzene rings is 1. The van der Waals surface area contributed by atoms with E-state index in [4.69, 9.17) is 9.47 Å². The van der Waals surface area contributed by atoms with E-state index in [2.05, 4.69) is 16.0 Å². The first-order valence-electron chi connectivity index (χ1n) is 7.35. The molecule has 1 aromatic heterocycles. The highest BCUT2D eigenvalue weighted by Gasteiger charge is 2.40. The van der Waals surface area contributed by atoms with Crippen molar-refractivity contribution in [1.29, 1.82) is 0 Å². The van der Waals surface area contributed by atoms with E-state index < -0.39 is 17.4 Å². The van der Waals surface area contributed by atoms with Gasteiger partial charge in [0, 0.05) is 49.6 Å². The smallest absolute Gasteiger partial charge is 0.171 e. The summed E-state index contributed by atoms with van der Waals surface area (Å²) < 4.78 is 38.3. The predicted octanol–water partition coefficient (Wildman–Crippen LogP) is 2.66. The van der Waals surface area contributed by atoms with E-state index in [1.54, 1.807) is 0 Å². The number of halogens is 2. The minimum absolute atomic E-state index is 0.432. The zero-order chi connectivity index (χ0) is 15.2. The Kier molecular flexibility index (Phi) is 3.23. The minimum Gasteiger partial charge on any atom is -0.370 e. The number of pyridine rings is 1. The van der Waals surface area contributed by atoms with E-state index in [9.17, 15) is 8.78 Å². The maximum atomic E-state index is 13.6. The summed E-state index contributed by atoms with van der Waals surface area (Å²) in [6.07, 6.45) is 2.99. The molecule has 1 aromatic carbocycles. The molecule has 22 heavy (non-hydrogen) atoms. The van der Waals surface area contributed by atoms with Crippen molar-refractivity contribution in [3.05, 3.63) is 36.0 Å². The molecule has 1 radical (unpaired) electrons. The second-order valence-corrected chi connectivity index (χ2v) is 5.63. The van der Waals surface area contributed by atoms with Crippen molar-refractivity contribution in [2.45, 2.75) is 18.6 Å². The first-order valence-corrected chi connectivity index (χ1v) is 7.35. The number of hydrogen-bond acceptors (Lipinski definition) is 4. The van der Waals surface area contributed by atoms with E-state index >= 15 is 0 Å². The zero-order valence-electron chi connectivity index (χ0n) is 11.9. The van der Waals surface area contributed by atoms with Crippen LogP contribution in [0.15, 0.2) is 18.3 Å². The number of piperidine rings is 1. The van der Waals surface area contributed by atoms with Crippen LogP contribution in [0.1, 0.15) is 12.8 Å². The van der Waals surface area contributed by atoms with Crippen LogP contribution in [-0.4, -0.2) is 37.1 Å². The van der Waals surface area contributed by atoms with E-state index in [-0.39, 0.29) is 0 Å². The molecule has 0 atom stereocenters. The molecule has 0 amide bonds. The lowest BCUT2D eigenvalue weighted by Gasteiger charge is -2.38. The van der Waals surface area contributed by atoms with Crippen molar-refractivity contribution in [2.24, 2.45) is 0 Å². The maximum absolute atomic E-state index is 13.6. The molecule has 3 heterocycles. The summed E-state index contributed by atoms with van der Waals surface area (Å²) in [6, 6.07) is 5.36. The number of rotatable bonds is 1. The third-order valence-electron chi connectivity index (χ3n) is 4.35. The summed E-state index contributed by atoms with van der Waals surface area (Å²) in [7, 11) is 0. The van der Waals surface area contributed by atoms with Crippen molar-refractivity contribution in [3.63, 3.8) is 0 Å². The van der Waals surface area contributed by atoms with Crippen LogP contribution in [0.4, 0.5) is 14.5 Å². The van der Waals surface area contributed by atoms with Gasteiger partial charge >= 0.3 is 0 Å². The number of ether oxygens (including phenoxy) is 2. The zero-order valence-corrected chi connectivity index (χ0v) is 11.9. The fraction of sp³-hybridized carbons (Fsp3) is 0.438. The molecule has 4 nitrogen and oxygen atoms in total. The lowest BCUT2D eigenvalue weighted by molar-refractivity contribution is -0.169. The summed E-state index contributed by atoms with van der Waals surface area (Å²) in [5.41, 5.74) is 1.18. The molecular formula is C16H15F2N2O2. The van der Waals surface area contributed by atoms with Crippen LogP contribution in [-0.2, 0) is 9.47 Å². The van der Waals surface area contributed by atoms with Gasteiger partial charge in [0.15, 0.2) is 17.4 Å². The first-order chi connectivity index (χ1) is 10.7. The lowest BCUT2D eigenvalue weighted by Crippen LogP contribution is -2.45. The quantitative estimate of drug-likeness (QED) is 0.811. The average Bonchev–Trinajstić information content (AvgIpc) is 2.97. The number of aromatic nitrogens is 1. The highest BCUT2D eigenvalue weighted by molar-refractivity contribution is 5.91. The van der Waals surface area contributed by atoms with Gasteiger partial charge in [-0.3, -0.25) is 4.98 Å². The molecule has 0 bridgehead atoms. The topological polar surface area (TPSA) is 34.6 Å². The van der Waals surface area contributed by atoms with Crippen LogP contribution in [0.25, 0.3) is 10.9 Å². The van der Waals surface area contributed by atoms with Crippen LogP contribution in [0.3, 0.4) is 0 Å². The summed E-state index contributed by atoms with van der Waals surface area (Å²) in [5.74, 6) is -2.22. The molecule has 2 aromatic rings. The van der Waals surface area contributed by atoms with Crippen molar-refractivity contribution >= 4 is 16.6 Å². The molecule has 0 saturated carbocycles. The van der Waals surface area contributed by atoms with Crippen LogP contribution >= 0.6 is 0 Å². The Morgan fingerprint density at radius 2 is 1.77 bits per heavy atom. The lowest BCUT2D eigenvalue weighted by atomic mass is 10.0. The Balaban J connectivity index is 1.66. The monoisotopic (exact) mass is 305 g/mol. The minimum atomic E-state index is -0.887. The number of hydrogen-bond donors (Lipinski definition) is 0. The van der Waals surface area contributed by atoms with E-state index in [0.717, 1.165) is 24.6 Å². The predicted molar refractivity (Wildman–Crippen MR) is 76.6 cm³/mol. The van der Waals surface area contributed by atoms with Gasteiger partial charge in [0.2, 0.25) is 0 Å². The van der Waals surface area contributed by atoms with Gasteiger partial charge in [0.05, 0.1) is 24.4 Å². The summed E-state index contributed by atoms with van der Waals surface area (Å²) in [6.45, 7) is 2.70. The molecule has 0 unspecified atom stereocenters. The normalized spacial score (nSPS) is 20.9. The Morgan fingerprint density at radius 1 is 1.09 bits per heavy atom. The van der Waals surface area contributed by atoms with Crippen LogP contribution < -0.4 is 4.90 Å². The van der Waals surface area contributed by atoms with Gasteiger partial charge in [-0.2, -0.15) is 0 Å². The van der Waals surface area contributed by atoms with Gasteiger partial charge in [-0.25, -0.2) is 8.78 Å². The van der Waals surface area contributed by atoms with Gasteiger partial charge in [0.25, 0.3) is 0 Å². The van der Waals surface area contributed by atoms with E-state index in [1.807, 2.05) is 0 Å². The Bertz CT molecular complexity index is 707. The second kappa shape index (κ2) is 5.14.